The molecule has 0 aliphatic carbocycles. The molecule has 25 heavy (non-hydrogen) atoms. The van der Waals surface area contributed by atoms with Gasteiger partial charge in [0.05, 0.1) is 23.3 Å². The molecule has 2 heterocycles. The van der Waals surface area contributed by atoms with Crippen molar-refractivity contribution < 1.29 is 13.9 Å². The molecule has 0 N–H and O–H groups in total. The molecule has 1 saturated heterocycles. The summed E-state index contributed by atoms with van der Waals surface area (Å²) in [6, 6.07) is 6.22. The number of nitrogens with zero attached hydrogens (tertiary/aromatic N) is 2. The summed E-state index contributed by atoms with van der Waals surface area (Å²) >= 11 is 1.46. The summed E-state index contributed by atoms with van der Waals surface area (Å²) in [4.78, 5) is 19.1. The third-order valence-corrected chi connectivity index (χ3v) is 4.89. The van der Waals surface area contributed by atoms with Crippen molar-refractivity contribution in [3.05, 3.63) is 40.5 Å². The number of thiazole rings is 1. The molecule has 134 valence electrons. The van der Waals surface area contributed by atoms with Crippen molar-refractivity contribution in [1.82, 2.24) is 9.88 Å². The van der Waals surface area contributed by atoms with Crippen LogP contribution in [0.2, 0.25) is 0 Å². The molecule has 1 amide bonds. The van der Waals surface area contributed by atoms with Gasteiger partial charge in [0.1, 0.15) is 10.8 Å². The first-order valence-corrected chi connectivity index (χ1v) is 9.20. The Kier molecular flexibility index (Phi) is 4.68. The Bertz CT molecular complexity index is 752. The number of aromatic nitrogens is 1. The van der Waals surface area contributed by atoms with E-state index in [9.17, 15) is 9.18 Å². The van der Waals surface area contributed by atoms with Crippen molar-refractivity contribution in [2.45, 2.75) is 45.3 Å². The van der Waals surface area contributed by atoms with E-state index in [1.54, 1.807) is 12.1 Å². The predicted molar refractivity (Wildman–Crippen MR) is 97.0 cm³/mol. The number of hydrogen-bond donors (Lipinski definition) is 0. The van der Waals surface area contributed by atoms with E-state index in [4.69, 9.17) is 4.74 Å². The number of ether oxygens (including phenoxy) is 1. The van der Waals surface area contributed by atoms with Gasteiger partial charge in [-0.2, -0.15) is 0 Å². The second-order valence-corrected chi connectivity index (χ2v) is 8.62. The van der Waals surface area contributed by atoms with Gasteiger partial charge < -0.3 is 9.64 Å². The normalized spacial score (nSPS) is 19.0. The summed E-state index contributed by atoms with van der Waals surface area (Å²) < 4.78 is 19.1. The zero-order valence-electron chi connectivity index (χ0n) is 15.0. The van der Waals surface area contributed by atoms with Crippen molar-refractivity contribution in [2.24, 2.45) is 0 Å². The molecular formula is C19H23FN2O2S. The number of amides is 1. The van der Waals surface area contributed by atoms with Gasteiger partial charge in [-0.3, -0.25) is 4.79 Å². The number of morpholine rings is 1. The van der Waals surface area contributed by atoms with Crippen LogP contribution in [0, 0.1) is 5.82 Å². The van der Waals surface area contributed by atoms with Gasteiger partial charge in [-0.15, -0.1) is 11.3 Å². The molecule has 4 nitrogen and oxygen atoms in total. The van der Waals surface area contributed by atoms with E-state index in [1.165, 1.54) is 23.5 Å². The summed E-state index contributed by atoms with van der Waals surface area (Å²) in [5.41, 5.74) is 0.902. The van der Waals surface area contributed by atoms with Crippen molar-refractivity contribution in [3.63, 3.8) is 0 Å². The van der Waals surface area contributed by atoms with Crippen LogP contribution in [0.5, 0.6) is 0 Å². The lowest BCUT2D eigenvalue weighted by molar-refractivity contribution is -0.187. The maximum Gasteiger partial charge on any atom is 0.229 e. The van der Waals surface area contributed by atoms with Crippen LogP contribution < -0.4 is 0 Å². The van der Waals surface area contributed by atoms with E-state index in [0.29, 0.717) is 13.1 Å². The van der Waals surface area contributed by atoms with E-state index >= 15 is 0 Å². The van der Waals surface area contributed by atoms with Gasteiger partial charge in [0.25, 0.3) is 0 Å². The molecule has 0 unspecified atom stereocenters. The fourth-order valence-corrected chi connectivity index (χ4v) is 4.14. The molecule has 0 spiro atoms. The van der Waals surface area contributed by atoms with E-state index in [2.05, 4.69) is 4.98 Å². The van der Waals surface area contributed by atoms with Gasteiger partial charge >= 0.3 is 0 Å². The monoisotopic (exact) mass is 362 g/mol. The SMILES string of the molecule is CC1(C)CN(C(=O)Cc2nc(-c3ccc(F)cc3)cs2)CC(C)(C)O1. The molecule has 1 fully saturated rings. The lowest BCUT2D eigenvalue weighted by atomic mass is 9.98. The Labute approximate surface area is 151 Å². The van der Waals surface area contributed by atoms with E-state index in [-0.39, 0.29) is 29.3 Å². The Balaban J connectivity index is 1.70. The number of carbonyl (C=O) groups is 1. The maximum atomic E-state index is 13.0. The fourth-order valence-electron chi connectivity index (χ4n) is 3.35. The molecule has 2 aromatic rings. The molecule has 1 aromatic carbocycles. The molecule has 0 atom stereocenters. The zero-order chi connectivity index (χ0) is 18.2. The second kappa shape index (κ2) is 6.50. The lowest BCUT2D eigenvalue weighted by Gasteiger charge is -2.47. The molecule has 1 aliphatic heterocycles. The standard InChI is InChI=1S/C19H23FN2O2S/c1-18(2)11-22(12-19(3,4)24-18)17(23)9-16-21-15(10-25-16)13-5-7-14(20)8-6-13/h5-8,10H,9,11-12H2,1-4H3. The molecule has 0 radical (unpaired) electrons. The molecular weight excluding hydrogens is 339 g/mol. The molecule has 1 aromatic heterocycles. The van der Waals surface area contributed by atoms with Crippen LogP contribution in [0.25, 0.3) is 11.3 Å². The van der Waals surface area contributed by atoms with Crippen LogP contribution in [0.4, 0.5) is 4.39 Å². The summed E-state index contributed by atoms with van der Waals surface area (Å²) in [7, 11) is 0. The van der Waals surface area contributed by atoms with E-state index in [0.717, 1.165) is 16.3 Å². The van der Waals surface area contributed by atoms with E-state index < -0.39 is 0 Å². The Hall–Kier alpha value is -1.79. The lowest BCUT2D eigenvalue weighted by Crippen LogP contribution is -2.58. The summed E-state index contributed by atoms with van der Waals surface area (Å²) in [5, 5.41) is 2.68. The average molecular weight is 362 g/mol. The summed E-state index contributed by atoms with van der Waals surface area (Å²) in [6.45, 7) is 9.17. The third kappa shape index (κ3) is 4.44. The summed E-state index contributed by atoms with van der Waals surface area (Å²) in [5.74, 6) is -0.212. The first-order chi connectivity index (χ1) is 11.6. The Morgan fingerprint density at radius 3 is 2.40 bits per heavy atom. The molecule has 1 aliphatic rings. The average Bonchev–Trinajstić information content (AvgIpc) is 2.93. The Morgan fingerprint density at radius 2 is 1.80 bits per heavy atom. The van der Waals surface area contributed by atoms with Crippen LogP contribution in [0.3, 0.4) is 0 Å². The highest BCUT2D eigenvalue weighted by Gasteiger charge is 2.39. The van der Waals surface area contributed by atoms with Gasteiger partial charge in [-0.05, 0) is 52.0 Å². The molecule has 0 saturated carbocycles. The van der Waals surface area contributed by atoms with Gasteiger partial charge in [0.2, 0.25) is 5.91 Å². The predicted octanol–water partition coefficient (Wildman–Crippen LogP) is 3.91. The van der Waals surface area contributed by atoms with Crippen molar-refractivity contribution in [2.75, 3.05) is 13.1 Å². The van der Waals surface area contributed by atoms with E-state index in [1.807, 2.05) is 38.0 Å². The number of carbonyl (C=O) groups excluding carboxylic acids is 1. The topological polar surface area (TPSA) is 42.4 Å². The smallest absolute Gasteiger partial charge is 0.229 e. The number of benzene rings is 1. The van der Waals surface area contributed by atoms with Crippen LogP contribution in [-0.4, -0.2) is 40.1 Å². The fraction of sp³-hybridized carbons (Fsp3) is 0.474. The Morgan fingerprint density at radius 1 is 1.20 bits per heavy atom. The maximum absolute atomic E-state index is 13.0. The largest absolute Gasteiger partial charge is 0.366 e. The first kappa shape index (κ1) is 18.0. The third-order valence-electron chi connectivity index (χ3n) is 4.04. The van der Waals surface area contributed by atoms with Crippen LogP contribution >= 0.6 is 11.3 Å². The highest BCUT2D eigenvalue weighted by atomic mass is 32.1. The first-order valence-electron chi connectivity index (χ1n) is 8.32. The number of rotatable bonds is 3. The van der Waals surface area contributed by atoms with Crippen molar-refractivity contribution in [1.29, 1.82) is 0 Å². The number of hydrogen-bond acceptors (Lipinski definition) is 4. The van der Waals surface area contributed by atoms with Gasteiger partial charge in [-0.25, -0.2) is 9.37 Å². The second-order valence-electron chi connectivity index (χ2n) is 7.68. The van der Waals surface area contributed by atoms with Gasteiger partial charge in [-0.1, -0.05) is 0 Å². The van der Waals surface area contributed by atoms with Crippen LogP contribution in [0.1, 0.15) is 32.7 Å². The quantitative estimate of drug-likeness (QED) is 0.831. The molecule has 6 heteroatoms. The molecule has 3 rings (SSSR count). The minimum atomic E-state index is -0.362. The van der Waals surface area contributed by atoms with Crippen molar-refractivity contribution in [3.8, 4) is 11.3 Å². The zero-order valence-corrected chi connectivity index (χ0v) is 15.8. The summed E-state index contributed by atoms with van der Waals surface area (Å²) in [6.07, 6.45) is 0.276. The van der Waals surface area contributed by atoms with Crippen LogP contribution in [-0.2, 0) is 16.0 Å². The minimum absolute atomic E-state index is 0.0597. The highest BCUT2D eigenvalue weighted by Crippen LogP contribution is 2.29. The number of halogens is 1. The van der Waals surface area contributed by atoms with Crippen molar-refractivity contribution >= 4 is 17.2 Å². The highest BCUT2D eigenvalue weighted by molar-refractivity contribution is 7.10. The van der Waals surface area contributed by atoms with Crippen LogP contribution in [0.15, 0.2) is 29.6 Å². The minimum Gasteiger partial charge on any atom is -0.366 e. The molecule has 0 bridgehead atoms. The van der Waals surface area contributed by atoms with Gasteiger partial charge in [0, 0.05) is 24.0 Å². The van der Waals surface area contributed by atoms with Gasteiger partial charge in [0.15, 0.2) is 0 Å².